The molecule has 1 aliphatic carbocycles. The third-order valence-corrected chi connectivity index (χ3v) is 3.37. The number of carbonyl (C=O) groups is 1. The highest BCUT2D eigenvalue weighted by Crippen LogP contribution is 2.33. The van der Waals surface area contributed by atoms with E-state index in [-0.39, 0.29) is 5.97 Å². The van der Waals surface area contributed by atoms with Crippen molar-refractivity contribution in [2.75, 3.05) is 24.2 Å². The summed E-state index contributed by atoms with van der Waals surface area (Å²) in [6.07, 6.45) is 5.21. The van der Waals surface area contributed by atoms with Crippen molar-refractivity contribution in [1.82, 2.24) is 0 Å². The van der Waals surface area contributed by atoms with Gasteiger partial charge in [-0.3, -0.25) is 0 Å². The Labute approximate surface area is 114 Å². The summed E-state index contributed by atoms with van der Waals surface area (Å²) in [6.45, 7) is 3.08. The molecule has 1 aliphatic rings. The first kappa shape index (κ1) is 13.7. The molecule has 0 atom stereocenters. The molecule has 1 aromatic rings. The minimum absolute atomic E-state index is 0.302. The van der Waals surface area contributed by atoms with Crippen LogP contribution in [0, 0.1) is 5.92 Å². The van der Waals surface area contributed by atoms with E-state index in [1.807, 2.05) is 0 Å². The van der Waals surface area contributed by atoms with Crippen LogP contribution in [-0.4, -0.2) is 19.1 Å². The Bertz CT molecular complexity index is 442. The SMILES string of the molecule is CCOC(=O)c1ccc(N)c(NCCCC2CC2)c1. The van der Waals surface area contributed by atoms with Crippen LogP contribution < -0.4 is 11.1 Å². The lowest BCUT2D eigenvalue weighted by molar-refractivity contribution is 0.0526. The zero-order valence-corrected chi connectivity index (χ0v) is 11.4. The number of nitrogens with two attached hydrogens (primary N) is 1. The van der Waals surface area contributed by atoms with Gasteiger partial charge in [0.25, 0.3) is 0 Å². The molecule has 3 N–H and O–H groups in total. The van der Waals surface area contributed by atoms with Crippen molar-refractivity contribution in [1.29, 1.82) is 0 Å². The summed E-state index contributed by atoms with van der Waals surface area (Å²) < 4.78 is 4.98. The number of rotatable bonds is 7. The van der Waals surface area contributed by atoms with Crippen molar-refractivity contribution in [3.8, 4) is 0 Å². The number of hydrogen-bond acceptors (Lipinski definition) is 4. The molecule has 1 aromatic carbocycles. The topological polar surface area (TPSA) is 64.3 Å². The van der Waals surface area contributed by atoms with Crippen LogP contribution in [0.1, 0.15) is 43.0 Å². The second-order valence-electron chi connectivity index (χ2n) is 5.03. The normalized spacial score (nSPS) is 14.2. The first-order chi connectivity index (χ1) is 9.20. The Kier molecular flexibility index (Phi) is 4.66. The molecule has 0 saturated heterocycles. The second-order valence-corrected chi connectivity index (χ2v) is 5.03. The van der Waals surface area contributed by atoms with Crippen molar-refractivity contribution >= 4 is 17.3 Å². The van der Waals surface area contributed by atoms with Gasteiger partial charge in [0.1, 0.15) is 0 Å². The molecule has 0 aliphatic heterocycles. The van der Waals surface area contributed by atoms with Gasteiger partial charge in [0.15, 0.2) is 0 Å². The first-order valence-electron chi connectivity index (χ1n) is 7.01. The molecule has 0 bridgehead atoms. The molecule has 104 valence electrons. The molecule has 0 amide bonds. The summed E-state index contributed by atoms with van der Waals surface area (Å²) >= 11 is 0. The van der Waals surface area contributed by atoms with Gasteiger partial charge in [-0.2, -0.15) is 0 Å². The van der Waals surface area contributed by atoms with Crippen LogP contribution in [0.4, 0.5) is 11.4 Å². The number of benzene rings is 1. The molecule has 4 heteroatoms. The molecular formula is C15H22N2O2. The maximum absolute atomic E-state index is 11.6. The van der Waals surface area contributed by atoms with Crippen molar-refractivity contribution in [3.05, 3.63) is 23.8 Å². The number of esters is 1. The number of hydrogen-bond donors (Lipinski definition) is 2. The van der Waals surface area contributed by atoms with Gasteiger partial charge in [-0.1, -0.05) is 12.8 Å². The molecule has 0 spiro atoms. The summed E-state index contributed by atoms with van der Waals surface area (Å²) in [5.41, 5.74) is 7.93. The van der Waals surface area contributed by atoms with Crippen molar-refractivity contribution < 1.29 is 9.53 Å². The average Bonchev–Trinajstić information content (AvgIpc) is 3.21. The third kappa shape index (κ3) is 4.16. The van der Waals surface area contributed by atoms with Gasteiger partial charge in [-0.25, -0.2) is 4.79 Å². The van der Waals surface area contributed by atoms with Crippen LogP contribution in [0.3, 0.4) is 0 Å². The maximum Gasteiger partial charge on any atom is 0.338 e. The highest BCUT2D eigenvalue weighted by molar-refractivity contribution is 5.92. The van der Waals surface area contributed by atoms with E-state index in [9.17, 15) is 4.79 Å². The van der Waals surface area contributed by atoms with Crippen LogP contribution in [0.15, 0.2) is 18.2 Å². The zero-order chi connectivity index (χ0) is 13.7. The minimum atomic E-state index is -0.302. The van der Waals surface area contributed by atoms with Gasteiger partial charge in [0.05, 0.1) is 23.5 Å². The van der Waals surface area contributed by atoms with Gasteiger partial charge < -0.3 is 15.8 Å². The van der Waals surface area contributed by atoms with E-state index in [1.165, 1.54) is 19.3 Å². The third-order valence-electron chi connectivity index (χ3n) is 3.37. The number of nitrogen functional groups attached to an aromatic ring is 1. The van der Waals surface area contributed by atoms with Crippen LogP contribution in [0.5, 0.6) is 0 Å². The van der Waals surface area contributed by atoms with Crippen molar-refractivity contribution in [2.45, 2.75) is 32.6 Å². The summed E-state index contributed by atoms with van der Waals surface area (Å²) in [4.78, 5) is 11.6. The molecule has 1 fully saturated rings. The number of nitrogens with one attached hydrogen (secondary N) is 1. The van der Waals surface area contributed by atoms with E-state index >= 15 is 0 Å². The summed E-state index contributed by atoms with van der Waals surface area (Å²) in [5.74, 6) is 0.647. The predicted molar refractivity (Wildman–Crippen MR) is 77.3 cm³/mol. The molecular weight excluding hydrogens is 240 g/mol. The van der Waals surface area contributed by atoms with E-state index in [0.717, 1.165) is 24.6 Å². The van der Waals surface area contributed by atoms with E-state index in [2.05, 4.69) is 5.32 Å². The van der Waals surface area contributed by atoms with Crippen LogP contribution in [0.2, 0.25) is 0 Å². The standard InChI is InChI=1S/C15H22N2O2/c1-2-19-15(18)12-7-8-13(16)14(10-12)17-9-3-4-11-5-6-11/h7-8,10-11,17H,2-6,9,16H2,1H3. The molecule has 0 heterocycles. The van der Waals surface area contributed by atoms with Gasteiger partial charge in [0.2, 0.25) is 0 Å². The molecule has 4 nitrogen and oxygen atoms in total. The van der Waals surface area contributed by atoms with Gasteiger partial charge >= 0.3 is 5.97 Å². The minimum Gasteiger partial charge on any atom is -0.462 e. The lowest BCUT2D eigenvalue weighted by atomic mass is 10.1. The van der Waals surface area contributed by atoms with E-state index in [1.54, 1.807) is 25.1 Å². The Hall–Kier alpha value is -1.71. The summed E-state index contributed by atoms with van der Waals surface area (Å²) in [5, 5.41) is 3.30. The van der Waals surface area contributed by atoms with E-state index < -0.39 is 0 Å². The van der Waals surface area contributed by atoms with Crippen LogP contribution >= 0.6 is 0 Å². The molecule has 0 radical (unpaired) electrons. The predicted octanol–water partition coefficient (Wildman–Crippen LogP) is 3.05. The lowest BCUT2D eigenvalue weighted by Gasteiger charge is -2.11. The number of ether oxygens (including phenoxy) is 1. The Morgan fingerprint density at radius 1 is 1.47 bits per heavy atom. The largest absolute Gasteiger partial charge is 0.462 e. The Balaban J connectivity index is 1.89. The second kappa shape index (κ2) is 6.45. The summed E-state index contributed by atoms with van der Waals surface area (Å²) in [7, 11) is 0. The molecule has 0 aromatic heterocycles. The summed E-state index contributed by atoms with van der Waals surface area (Å²) in [6, 6.07) is 5.21. The van der Waals surface area contributed by atoms with Gasteiger partial charge in [0, 0.05) is 6.54 Å². The zero-order valence-electron chi connectivity index (χ0n) is 11.4. The quantitative estimate of drug-likeness (QED) is 0.450. The van der Waals surface area contributed by atoms with Gasteiger partial charge in [-0.15, -0.1) is 0 Å². The Morgan fingerprint density at radius 2 is 2.26 bits per heavy atom. The maximum atomic E-state index is 11.6. The molecule has 2 rings (SSSR count). The van der Waals surface area contributed by atoms with E-state index in [4.69, 9.17) is 10.5 Å². The first-order valence-corrected chi connectivity index (χ1v) is 7.01. The smallest absolute Gasteiger partial charge is 0.338 e. The number of carbonyl (C=O) groups excluding carboxylic acids is 1. The lowest BCUT2D eigenvalue weighted by Crippen LogP contribution is -2.08. The van der Waals surface area contributed by atoms with Crippen molar-refractivity contribution in [2.24, 2.45) is 5.92 Å². The molecule has 0 unspecified atom stereocenters. The number of anilines is 2. The fraction of sp³-hybridized carbons (Fsp3) is 0.533. The highest BCUT2D eigenvalue weighted by atomic mass is 16.5. The average molecular weight is 262 g/mol. The fourth-order valence-electron chi connectivity index (χ4n) is 2.07. The van der Waals surface area contributed by atoms with Crippen LogP contribution in [-0.2, 0) is 4.74 Å². The molecule has 1 saturated carbocycles. The van der Waals surface area contributed by atoms with Crippen molar-refractivity contribution in [3.63, 3.8) is 0 Å². The van der Waals surface area contributed by atoms with Gasteiger partial charge in [-0.05, 0) is 43.9 Å². The Morgan fingerprint density at radius 3 is 2.95 bits per heavy atom. The molecule has 19 heavy (non-hydrogen) atoms. The fourth-order valence-corrected chi connectivity index (χ4v) is 2.07. The van der Waals surface area contributed by atoms with Crippen LogP contribution in [0.25, 0.3) is 0 Å². The van der Waals surface area contributed by atoms with E-state index in [0.29, 0.717) is 17.9 Å². The monoisotopic (exact) mass is 262 g/mol. The highest BCUT2D eigenvalue weighted by Gasteiger charge is 2.20.